The van der Waals surface area contributed by atoms with Gasteiger partial charge in [-0.3, -0.25) is 14.9 Å². The molecule has 0 fully saturated rings. The van der Waals surface area contributed by atoms with E-state index in [0.717, 1.165) is 23.4 Å². The summed E-state index contributed by atoms with van der Waals surface area (Å²) in [6.45, 7) is 5.94. The van der Waals surface area contributed by atoms with Gasteiger partial charge in [0.15, 0.2) is 0 Å². The van der Waals surface area contributed by atoms with Crippen LogP contribution < -0.4 is 10.6 Å². The van der Waals surface area contributed by atoms with E-state index in [0.29, 0.717) is 11.6 Å². The number of hydrogen-bond acceptors (Lipinski definition) is 5. The summed E-state index contributed by atoms with van der Waals surface area (Å²) < 4.78 is 0. The second-order valence-electron chi connectivity index (χ2n) is 8.14. The van der Waals surface area contributed by atoms with Gasteiger partial charge in [-0.05, 0) is 20.3 Å². The van der Waals surface area contributed by atoms with Gasteiger partial charge in [-0.25, -0.2) is 0 Å². The molecule has 0 bridgehead atoms. The molecule has 1 atom stereocenters. The zero-order chi connectivity index (χ0) is 22.5. The number of nitrogens with one attached hydrogen (secondary N) is 2. The fourth-order valence-electron chi connectivity index (χ4n) is 3.28. The van der Waals surface area contributed by atoms with Crippen molar-refractivity contribution in [3.8, 4) is 10.6 Å². The minimum absolute atomic E-state index is 0.0804. The predicted molar refractivity (Wildman–Crippen MR) is 128 cm³/mol. The van der Waals surface area contributed by atoms with E-state index in [-0.39, 0.29) is 11.8 Å². The van der Waals surface area contributed by atoms with Gasteiger partial charge in [-0.1, -0.05) is 99.5 Å². The highest BCUT2D eigenvalue weighted by atomic mass is 32.1. The summed E-state index contributed by atoms with van der Waals surface area (Å²) in [5, 5.41) is 14.9. The number of carbonyl (C=O) groups is 2. The van der Waals surface area contributed by atoms with Crippen LogP contribution in [0.25, 0.3) is 10.6 Å². The lowest BCUT2D eigenvalue weighted by atomic mass is 10.1. The third kappa shape index (κ3) is 9.59. The van der Waals surface area contributed by atoms with Gasteiger partial charge in [-0.15, -0.1) is 10.2 Å². The Morgan fingerprint density at radius 2 is 1.55 bits per heavy atom. The number of amides is 2. The fourth-order valence-corrected chi connectivity index (χ4v) is 4.03. The molecule has 7 heteroatoms. The van der Waals surface area contributed by atoms with Gasteiger partial charge in [0.1, 0.15) is 11.0 Å². The normalized spacial score (nSPS) is 11.8. The van der Waals surface area contributed by atoms with Crippen LogP contribution in [0.4, 0.5) is 5.13 Å². The molecule has 0 spiro atoms. The van der Waals surface area contributed by atoms with Crippen molar-refractivity contribution in [3.63, 3.8) is 0 Å². The fraction of sp³-hybridized carbons (Fsp3) is 0.583. The molecule has 31 heavy (non-hydrogen) atoms. The smallest absolute Gasteiger partial charge is 0.248 e. The van der Waals surface area contributed by atoms with Crippen LogP contribution in [0, 0.1) is 6.92 Å². The first-order chi connectivity index (χ1) is 15.0. The van der Waals surface area contributed by atoms with E-state index in [1.807, 2.05) is 31.2 Å². The summed E-state index contributed by atoms with van der Waals surface area (Å²) in [5.41, 5.74) is 2.14. The maximum atomic E-state index is 12.4. The lowest BCUT2D eigenvalue weighted by molar-refractivity contribution is -0.126. The molecule has 0 saturated carbocycles. The number of unbranched alkanes of at least 4 members (excludes halogenated alkanes) is 8. The van der Waals surface area contributed by atoms with Crippen molar-refractivity contribution < 1.29 is 9.59 Å². The number of hydrogen-bond donors (Lipinski definition) is 2. The minimum atomic E-state index is -0.613. The Hall–Kier alpha value is -2.28. The largest absolute Gasteiger partial charge is 0.345 e. The number of carbonyl (C=O) groups excluding carboxylic acids is 2. The van der Waals surface area contributed by atoms with Crippen LogP contribution in [0.15, 0.2) is 24.3 Å². The van der Waals surface area contributed by atoms with E-state index in [2.05, 4.69) is 27.8 Å². The topological polar surface area (TPSA) is 84.0 Å². The Kier molecular flexibility index (Phi) is 11.2. The van der Waals surface area contributed by atoms with E-state index in [1.165, 1.54) is 61.8 Å². The molecule has 2 N–H and O–H groups in total. The number of aromatic nitrogens is 2. The van der Waals surface area contributed by atoms with Gasteiger partial charge in [0.05, 0.1) is 0 Å². The Bertz CT molecular complexity index is 804. The molecule has 1 unspecified atom stereocenters. The van der Waals surface area contributed by atoms with Crippen LogP contribution in [-0.2, 0) is 9.59 Å². The molecule has 6 nitrogen and oxygen atoms in total. The van der Waals surface area contributed by atoms with E-state index >= 15 is 0 Å². The van der Waals surface area contributed by atoms with Gasteiger partial charge >= 0.3 is 0 Å². The second-order valence-corrected chi connectivity index (χ2v) is 9.11. The zero-order valence-electron chi connectivity index (χ0n) is 19.1. The van der Waals surface area contributed by atoms with Crippen LogP contribution >= 0.6 is 11.3 Å². The molecule has 2 aromatic rings. The summed E-state index contributed by atoms with van der Waals surface area (Å²) >= 11 is 1.32. The van der Waals surface area contributed by atoms with Crippen molar-refractivity contribution in [3.05, 3.63) is 29.8 Å². The monoisotopic (exact) mass is 444 g/mol. The minimum Gasteiger partial charge on any atom is -0.345 e. The predicted octanol–water partition coefficient (Wildman–Crippen LogP) is 5.88. The molecule has 0 aliphatic carbocycles. The van der Waals surface area contributed by atoms with E-state index in [9.17, 15) is 9.59 Å². The van der Waals surface area contributed by atoms with Gasteiger partial charge < -0.3 is 5.32 Å². The van der Waals surface area contributed by atoms with Gasteiger partial charge in [-0.2, -0.15) is 0 Å². The summed E-state index contributed by atoms with van der Waals surface area (Å²) in [7, 11) is 0. The van der Waals surface area contributed by atoms with Crippen LogP contribution in [-0.4, -0.2) is 28.1 Å². The summed E-state index contributed by atoms with van der Waals surface area (Å²) in [6.07, 6.45) is 11.4. The van der Waals surface area contributed by atoms with Crippen LogP contribution in [0.5, 0.6) is 0 Å². The van der Waals surface area contributed by atoms with Crippen molar-refractivity contribution in [1.82, 2.24) is 15.5 Å². The Morgan fingerprint density at radius 3 is 2.19 bits per heavy atom. The lowest BCUT2D eigenvalue weighted by Crippen LogP contribution is -2.41. The molecule has 2 rings (SSSR count). The van der Waals surface area contributed by atoms with Crippen molar-refractivity contribution >= 4 is 28.3 Å². The van der Waals surface area contributed by atoms with Crippen LogP contribution in [0.1, 0.15) is 83.6 Å². The van der Waals surface area contributed by atoms with Crippen molar-refractivity contribution in [2.75, 3.05) is 5.32 Å². The molecule has 2 amide bonds. The average molecular weight is 445 g/mol. The molecule has 1 heterocycles. The summed E-state index contributed by atoms with van der Waals surface area (Å²) in [5.74, 6) is -0.366. The zero-order valence-corrected chi connectivity index (χ0v) is 19.9. The average Bonchev–Trinajstić information content (AvgIpc) is 3.21. The number of rotatable bonds is 14. The number of benzene rings is 1. The second kappa shape index (κ2) is 13.9. The van der Waals surface area contributed by atoms with Crippen molar-refractivity contribution in [1.29, 1.82) is 0 Å². The van der Waals surface area contributed by atoms with E-state index in [1.54, 1.807) is 6.92 Å². The first-order valence-corrected chi connectivity index (χ1v) is 12.3. The SMILES string of the molecule is CCCCCCCCCCCC(=O)NC(C)C(=O)Nc1nnc(-c2ccc(C)cc2)s1. The number of anilines is 1. The van der Waals surface area contributed by atoms with Crippen LogP contribution in [0.3, 0.4) is 0 Å². The summed E-state index contributed by atoms with van der Waals surface area (Å²) in [4.78, 5) is 24.5. The molecule has 0 aliphatic heterocycles. The van der Waals surface area contributed by atoms with Gasteiger partial charge in [0, 0.05) is 12.0 Å². The number of nitrogens with zero attached hydrogens (tertiary/aromatic N) is 2. The van der Waals surface area contributed by atoms with Gasteiger partial charge in [0.25, 0.3) is 0 Å². The highest BCUT2D eigenvalue weighted by molar-refractivity contribution is 7.18. The lowest BCUT2D eigenvalue weighted by Gasteiger charge is -2.12. The molecule has 0 radical (unpaired) electrons. The first kappa shape index (κ1) is 25.0. The highest BCUT2D eigenvalue weighted by Crippen LogP contribution is 2.26. The van der Waals surface area contributed by atoms with E-state index < -0.39 is 6.04 Å². The Morgan fingerprint density at radius 1 is 0.935 bits per heavy atom. The Balaban J connectivity index is 1.63. The molecule has 0 saturated heterocycles. The molecule has 170 valence electrons. The third-order valence-electron chi connectivity index (χ3n) is 5.23. The van der Waals surface area contributed by atoms with Crippen LogP contribution in [0.2, 0.25) is 0 Å². The highest BCUT2D eigenvalue weighted by Gasteiger charge is 2.17. The molecule has 0 aliphatic rings. The molecule has 1 aromatic heterocycles. The van der Waals surface area contributed by atoms with Crippen molar-refractivity contribution in [2.45, 2.75) is 91.0 Å². The van der Waals surface area contributed by atoms with Gasteiger partial charge in [0.2, 0.25) is 16.9 Å². The standard InChI is InChI=1S/C24H36N4O2S/c1-4-5-6-7-8-9-10-11-12-13-21(29)25-19(3)22(30)26-24-28-27-23(31-24)20-16-14-18(2)15-17-20/h14-17,19H,4-13H2,1-3H3,(H,25,29)(H,26,28,30). The third-order valence-corrected chi connectivity index (χ3v) is 6.12. The summed E-state index contributed by atoms with van der Waals surface area (Å²) in [6, 6.07) is 7.38. The Labute approximate surface area is 190 Å². The molecular weight excluding hydrogens is 408 g/mol. The van der Waals surface area contributed by atoms with Crippen molar-refractivity contribution in [2.24, 2.45) is 0 Å². The van der Waals surface area contributed by atoms with E-state index in [4.69, 9.17) is 0 Å². The quantitative estimate of drug-likeness (QED) is 0.357. The maximum Gasteiger partial charge on any atom is 0.248 e. The maximum absolute atomic E-state index is 12.4. The first-order valence-electron chi connectivity index (χ1n) is 11.5. The molecule has 1 aromatic carbocycles. The molecular formula is C24H36N4O2S. The number of aryl methyl sites for hydroxylation is 1.